The third kappa shape index (κ3) is 1.72. The quantitative estimate of drug-likeness (QED) is 0.208. The molecule has 0 bridgehead atoms. The number of fused-ring (bicyclic) bond motifs is 2. The molecule has 0 aliphatic rings. The Balaban J connectivity index is 2.53. The van der Waals surface area contributed by atoms with E-state index in [1.807, 2.05) is 24.3 Å². The van der Waals surface area contributed by atoms with Gasteiger partial charge in [0.15, 0.2) is 6.21 Å². The van der Waals surface area contributed by atoms with Crippen molar-refractivity contribution in [1.82, 2.24) is 0 Å². The zero-order valence-corrected chi connectivity index (χ0v) is 10.1. The lowest BCUT2D eigenvalue weighted by Gasteiger charge is -2.07. The molecule has 0 heterocycles. The lowest BCUT2D eigenvalue weighted by atomic mass is 9.97. The fourth-order valence-corrected chi connectivity index (χ4v) is 2.37. The number of rotatable bonds is 1. The molecule has 0 aliphatic carbocycles. The lowest BCUT2D eigenvalue weighted by molar-refractivity contribution is -0.416. The van der Waals surface area contributed by atoms with Gasteiger partial charge in [0.25, 0.3) is 0 Å². The predicted molar refractivity (Wildman–Crippen MR) is 76.2 cm³/mol. The van der Waals surface area contributed by atoms with Crippen LogP contribution in [0, 0.1) is 5.21 Å². The maximum absolute atomic E-state index is 11.4. The fraction of sp³-hybridized carbons (Fsp3) is 0.0625. The normalized spacial score (nSPS) is 12.2. The largest absolute Gasteiger partial charge is 0.624 e. The summed E-state index contributed by atoms with van der Waals surface area (Å²) in [6.45, 7) is 0. The molecule has 2 heteroatoms. The van der Waals surface area contributed by atoms with Gasteiger partial charge in [-0.3, -0.25) is 0 Å². The zero-order chi connectivity index (χ0) is 12.5. The summed E-state index contributed by atoms with van der Waals surface area (Å²) in [4.78, 5) is 0. The van der Waals surface area contributed by atoms with E-state index in [0.29, 0.717) is 0 Å². The third-order valence-electron chi connectivity index (χ3n) is 3.12. The van der Waals surface area contributed by atoms with E-state index in [9.17, 15) is 5.21 Å². The molecule has 0 saturated carbocycles. The summed E-state index contributed by atoms with van der Waals surface area (Å²) in [6, 6.07) is 18.4. The smallest absolute Gasteiger partial charge is 0.182 e. The summed E-state index contributed by atoms with van der Waals surface area (Å²) in [6.07, 6.45) is 1.64. The van der Waals surface area contributed by atoms with Crippen molar-refractivity contribution >= 4 is 27.8 Å². The Morgan fingerprint density at radius 2 is 1.39 bits per heavy atom. The topological polar surface area (TPSA) is 26.1 Å². The van der Waals surface area contributed by atoms with Crippen LogP contribution >= 0.6 is 0 Å². The van der Waals surface area contributed by atoms with Crippen molar-refractivity contribution in [3.8, 4) is 0 Å². The van der Waals surface area contributed by atoms with E-state index >= 15 is 0 Å². The number of hydrogen-bond donors (Lipinski definition) is 0. The van der Waals surface area contributed by atoms with Crippen LogP contribution in [0.5, 0.6) is 0 Å². The van der Waals surface area contributed by atoms with Crippen LogP contribution < -0.4 is 0 Å². The van der Waals surface area contributed by atoms with Crippen LogP contribution in [-0.2, 0) is 0 Å². The first-order chi connectivity index (χ1) is 8.75. The molecule has 0 N–H and O–H groups in total. The number of hydroxylamine groups is 1. The van der Waals surface area contributed by atoms with E-state index < -0.39 is 0 Å². The number of nitrogens with zero attached hydrogens (tertiary/aromatic N) is 1. The van der Waals surface area contributed by atoms with Gasteiger partial charge in [-0.05, 0) is 27.6 Å². The molecule has 0 radical (unpaired) electrons. The van der Waals surface area contributed by atoms with Gasteiger partial charge in [0.2, 0.25) is 0 Å². The molecule has 3 rings (SSSR count). The summed E-state index contributed by atoms with van der Waals surface area (Å²) in [5.41, 5.74) is 0.987. The van der Waals surface area contributed by atoms with Gasteiger partial charge in [-0.15, -0.1) is 0 Å². The van der Waals surface area contributed by atoms with Crippen LogP contribution in [0.1, 0.15) is 5.56 Å². The van der Waals surface area contributed by atoms with E-state index in [1.54, 1.807) is 6.21 Å². The van der Waals surface area contributed by atoms with Crippen molar-refractivity contribution in [2.24, 2.45) is 0 Å². The molecule has 0 fully saturated rings. The Hall–Kier alpha value is -2.35. The van der Waals surface area contributed by atoms with E-state index in [-0.39, 0.29) is 0 Å². The van der Waals surface area contributed by atoms with Gasteiger partial charge in [0, 0.05) is 0 Å². The second-order valence-corrected chi connectivity index (χ2v) is 4.41. The first-order valence-electron chi connectivity index (χ1n) is 5.91. The average Bonchev–Trinajstić information content (AvgIpc) is 2.38. The highest BCUT2D eigenvalue weighted by Crippen LogP contribution is 2.27. The SMILES string of the molecule is C/[N+]([O-])=C\c1c2ccccc2cc2ccccc12. The van der Waals surface area contributed by atoms with Crippen molar-refractivity contribution in [2.75, 3.05) is 7.05 Å². The summed E-state index contributed by atoms with van der Waals surface area (Å²) in [7, 11) is 1.51. The van der Waals surface area contributed by atoms with E-state index in [4.69, 9.17) is 0 Å². The van der Waals surface area contributed by atoms with Gasteiger partial charge >= 0.3 is 0 Å². The van der Waals surface area contributed by atoms with Gasteiger partial charge in [-0.1, -0.05) is 48.5 Å². The first-order valence-corrected chi connectivity index (χ1v) is 5.91. The number of hydrogen-bond acceptors (Lipinski definition) is 1. The Bertz CT molecular complexity index is 701. The van der Waals surface area contributed by atoms with E-state index in [1.165, 1.54) is 7.05 Å². The molecule has 3 aromatic rings. The standard InChI is InChI=1S/C16H13NO/c1-17(18)11-16-14-8-4-2-6-12(14)10-13-7-3-5-9-15(13)16/h2-11H,1H3/b17-11+. The van der Waals surface area contributed by atoms with Crippen molar-refractivity contribution in [3.05, 3.63) is 65.4 Å². The predicted octanol–water partition coefficient (Wildman–Crippen LogP) is 3.55. The molecular weight excluding hydrogens is 222 g/mol. The average molecular weight is 235 g/mol. The van der Waals surface area contributed by atoms with Gasteiger partial charge in [-0.25, -0.2) is 4.74 Å². The first kappa shape index (κ1) is 10.8. The van der Waals surface area contributed by atoms with Gasteiger partial charge in [-0.2, -0.15) is 0 Å². The van der Waals surface area contributed by atoms with E-state index in [2.05, 4.69) is 30.3 Å². The van der Waals surface area contributed by atoms with Gasteiger partial charge < -0.3 is 5.21 Å². The second kappa shape index (κ2) is 4.15. The molecule has 0 amide bonds. The van der Waals surface area contributed by atoms with Gasteiger partial charge in [0.1, 0.15) is 7.05 Å². The van der Waals surface area contributed by atoms with E-state index in [0.717, 1.165) is 31.8 Å². The summed E-state index contributed by atoms with van der Waals surface area (Å²) >= 11 is 0. The lowest BCUT2D eigenvalue weighted by Crippen LogP contribution is -1.99. The van der Waals surface area contributed by atoms with Crippen LogP contribution in [0.3, 0.4) is 0 Å². The summed E-state index contributed by atoms with van der Waals surface area (Å²) in [5.74, 6) is 0. The molecular formula is C16H13NO. The monoisotopic (exact) mass is 235 g/mol. The zero-order valence-electron chi connectivity index (χ0n) is 10.1. The highest BCUT2D eigenvalue weighted by Gasteiger charge is 2.07. The molecule has 0 aliphatic heterocycles. The fourth-order valence-electron chi connectivity index (χ4n) is 2.37. The van der Waals surface area contributed by atoms with Crippen molar-refractivity contribution in [2.45, 2.75) is 0 Å². The highest BCUT2D eigenvalue weighted by molar-refractivity contribution is 6.12. The maximum Gasteiger partial charge on any atom is 0.182 e. The van der Waals surface area contributed by atoms with Crippen molar-refractivity contribution < 1.29 is 4.74 Å². The molecule has 0 atom stereocenters. The van der Waals surface area contributed by atoms with Crippen molar-refractivity contribution in [1.29, 1.82) is 0 Å². The summed E-state index contributed by atoms with van der Waals surface area (Å²) in [5, 5.41) is 15.9. The molecule has 3 aromatic carbocycles. The molecule has 0 unspecified atom stereocenters. The van der Waals surface area contributed by atoms with Crippen LogP contribution in [0.15, 0.2) is 54.6 Å². The summed E-state index contributed by atoms with van der Waals surface area (Å²) < 4.78 is 0.855. The third-order valence-corrected chi connectivity index (χ3v) is 3.12. The van der Waals surface area contributed by atoms with Crippen molar-refractivity contribution in [3.63, 3.8) is 0 Å². The highest BCUT2D eigenvalue weighted by atomic mass is 16.5. The maximum atomic E-state index is 11.4. The van der Waals surface area contributed by atoms with Crippen LogP contribution in [0.25, 0.3) is 21.5 Å². The Kier molecular flexibility index (Phi) is 2.49. The Labute approximate surface area is 105 Å². The van der Waals surface area contributed by atoms with Gasteiger partial charge in [0.05, 0.1) is 5.56 Å². The molecule has 0 spiro atoms. The Morgan fingerprint density at radius 3 is 1.89 bits per heavy atom. The number of benzene rings is 3. The molecule has 88 valence electrons. The minimum atomic E-state index is 0.855. The second-order valence-electron chi connectivity index (χ2n) is 4.41. The minimum absolute atomic E-state index is 0.855. The molecule has 2 nitrogen and oxygen atoms in total. The van der Waals surface area contributed by atoms with Crippen LogP contribution in [-0.4, -0.2) is 18.0 Å². The molecule has 18 heavy (non-hydrogen) atoms. The van der Waals surface area contributed by atoms with Crippen LogP contribution in [0.4, 0.5) is 0 Å². The molecule has 0 aromatic heterocycles. The minimum Gasteiger partial charge on any atom is -0.624 e. The molecule has 0 saturated heterocycles. The Morgan fingerprint density at radius 1 is 0.889 bits per heavy atom. The van der Waals surface area contributed by atoms with Crippen LogP contribution in [0.2, 0.25) is 0 Å².